The second-order valence-electron chi connectivity index (χ2n) is 8.70. The van der Waals surface area contributed by atoms with Crippen molar-refractivity contribution in [2.24, 2.45) is 5.73 Å². The van der Waals surface area contributed by atoms with Crippen molar-refractivity contribution in [3.63, 3.8) is 0 Å². The molecule has 3 nitrogen and oxygen atoms in total. The van der Waals surface area contributed by atoms with Gasteiger partial charge < -0.3 is 16.4 Å². The summed E-state index contributed by atoms with van der Waals surface area (Å²) in [6, 6.07) is 26.0. The Balaban J connectivity index is 1.31. The fourth-order valence-corrected chi connectivity index (χ4v) is 4.10. The average Bonchev–Trinajstić information content (AvgIpc) is 2.83. The Labute approximate surface area is 192 Å². The summed E-state index contributed by atoms with van der Waals surface area (Å²) in [5.41, 5.74) is 21.4. The van der Waals surface area contributed by atoms with E-state index in [2.05, 4.69) is 84.8 Å². The van der Waals surface area contributed by atoms with Gasteiger partial charge in [0.15, 0.2) is 0 Å². The van der Waals surface area contributed by atoms with Crippen LogP contribution < -0.4 is 16.4 Å². The van der Waals surface area contributed by atoms with E-state index in [9.17, 15) is 0 Å². The number of benzene rings is 3. The molecular formula is C29H33N3. The fourth-order valence-electron chi connectivity index (χ4n) is 4.10. The number of anilines is 3. The van der Waals surface area contributed by atoms with Crippen LogP contribution in [0.15, 0.2) is 96.2 Å². The predicted octanol–water partition coefficient (Wildman–Crippen LogP) is 6.32. The largest absolute Gasteiger partial charge is 0.402 e. The van der Waals surface area contributed by atoms with Gasteiger partial charge in [-0.05, 0) is 97.7 Å². The summed E-state index contributed by atoms with van der Waals surface area (Å²) in [6.07, 6.45) is 10.6. The van der Waals surface area contributed by atoms with E-state index in [1.807, 2.05) is 12.1 Å². The summed E-state index contributed by atoms with van der Waals surface area (Å²) in [5, 5.41) is 0. The van der Waals surface area contributed by atoms with Gasteiger partial charge in [-0.15, -0.1) is 0 Å². The number of hydrogen-bond donors (Lipinski definition) is 2. The standard InChI is InChI=1S/C29H33N3/c1-32(28-18-10-24(11-19-28)4-2-22-6-14-26(30)15-7-22)29-20-12-25(13-21-29)5-3-23-8-16-27(31)17-9-23/h6-8,10-16,18-21H,2-5,9,17,30-31H2,1H3. The minimum atomic E-state index is 0.818. The molecule has 3 heteroatoms. The van der Waals surface area contributed by atoms with Crippen LogP contribution in [0.5, 0.6) is 0 Å². The lowest BCUT2D eigenvalue weighted by Crippen LogP contribution is -2.09. The third-order valence-electron chi connectivity index (χ3n) is 6.33. The van der Waals surface area contributed by atoms with Crippen LogP contribution in [-0.2, 0) is 19.3 Å². The van der Waals surface area contributed by atoms with E-state index in [0.717, 1.165) is 49.9 Å². The molecule has 0 bridgehead atoms. The highest BCUT2D eigenvalue weighted by molar-refractivity contribution is 5.63. The molecule has 3 aromatic carbocycles. The summed E-state index contributed by atoms with van der Waals surface area (Å²) in [4.78, 5) is 2.24. The Hall–Kier alpha value is -3.46. The van der Waals surface area contributed by atoms with Gasteiger partial charge in [-0.2, -0.15) is 0 Å². The monoisotopic (exact) mass is 423 g/mol. The van der Waals surface area contributed by atoms with E-state index in [-0.39, 0.29) is 0 Å². The van der Waals surface area contributed by atoms with E-state index >= 15 is 0 Å². The smallest absolute Gasteiger partial charge is 0.0408 e. The van der Waals surface area contributed by atoms with Crippen molar-refractivity contribution in [2.75, 3.05) is 17.7 Å². The Morgan fingerprint density at radius 1 is 0.594 bits per heavy atom. The van der Waals surface area contributed by atoms with Gasteiger partial charge in [-0.1, -0.05) is 48.0 Å². The van der Waals surface area contributed by atoms with E-state index in [0.29, 0.717) is 0 Å². The van der Waals surface area contributed by atoms with Gasteiger partial charge in [0.2, 0.25) is 0 Å². The van der Waals surface area contributed by atoms with Crippen molar-refractivity contribution < 1.29 is 0 Å². The summed E-state index contributed by atoms with van der Waals surface area (Å²) >= 11 is 0. The topological polar surface area (TPSA) is 55.3 Å². The van der Waals surface area contributed by atoms with E-state index in [1.165, 1.54) is 33.6 Å². The maximum absolute atomic E-state index is 5.86. The molecule has 0 amide bonds. The molecule has 4 N–H and O–H groups in total. The van der Waals surface area contributed by atoms with Gasteiger partial charge in [0.25, 0.3) is 0 Å². The molecule has 1 aliphatic rings. The zero-order chi connectivity index (χ0) is 22.3. The van der Waals surface area contributed by atoms with Crippen LogP contribution in [0.3, 0.4) is 0 Å². The molecule has 0 saturated carbocycles. The van der Waals surface area contributed by atoms with Crippen molar-refractivity contribution >= 4 is 17.1 Å². The third kappa shape index (κ3) is 5.82. The quantitative estimate of drug-likeness (QED) is 0.417. The van der Waals surface area contributed by atoms with Gasteiger partial charge in [-0.25, -0.2) is 0 Å². The average molecular weight is 424 g/mol. The van der Waals surface area contributed by atoms with Gasteiger partial charge in [0.05, 0.1) is 0 Å². The normalized spacial score (nSPS) is 13.4. The molecule has 3 aromatic rings. The molecule has 0 unspecified atom stereocenters. The molecule has 0 atom stereocenters. The molecular weight excluding hydrogens is 390 g/mol. The molecule has 164 valence electrons. The first-order chi connectivity index (χ1) is 15.6. The number of allylic oxidation sites excluding steroid dienone is 4. The fraction of sp³-hybridized carbons (Fsp3) is 0.241. The number of nitrogens with zero attached hydrogens (tertiary/aromatic N) is 1. The van der Waals surface area contributed by atoms with Crippen molar-refractivity contribution in [3.8, 4) is 0 Å². The second-order valence-corrected chi connectivity index (χ2v) is 8.70. The van der Waals surface area contributed by atoms with Crippen LogP contribution in [0.25, 0.3) is 0 Å². The zero-order valence-electron chi connectivity index (χ0n) is 18.9. The van der Waals surface area contributed by atoms with Crippen LogP contribution in [-0.4, -0.2) is 7.05 Å². The summed E-state index contributed by atoms with van der Waals surface area (Å²) in [5.74, 6) is 0. The number of hydrogen-bond acceptors (Lipinski definition) is 3. The number of rotatable bonds is 8. The van der Waals surface area contributed by atoms with Gasteiger partial charge in [0, 0.05) is 29.8 Å². The van der Waals surface area contributed by atoms with E-state index in [4.69, 9.17) is 11.5 Å². The first kappa shape index (κ1) is 21.8. The van der Waals surface area contributed by atoms with Crippen LogP contribution in [0, 0.1) is 0 Å². The maximum atomic E-state index is 5.86. The van der Waals surface area contributed by atoms with Crippen molar-refractivity contribution in [3.05, 3.63) is 113 Å². The first-order valence-corrected chi connectivity index (χ1v) is 11.5. The summed E-state index contributed by atoms with van der Waals surface area (Å²) < 4.78 is 0. The second kappa shape index (κ2) is 10.2. The van der Waals surface area contributed by atoms with E-state index < -0.39 is 0 Å². The summed E-state index contributed by atoms with van der Waals surface area (Å²) in [6.45, 7) is 0. The minimum Gasteiger partial charge on any atom is -0.402 e. The Morgan fingerprint density at radius 3 is 1.53 bits per heavy atom. The predicted molar refractivity (Wildman–Crippen MR) is 137 cm³/mol. The molecule has 0 aliphatic heterocycles. The Bertz CT molecular complexity index is 1070. The van der Waals surface area contributed by atoms with Crippen LogP contribution in [0.4, 0.5) is 17.1 Å². The third-order valence-corrected chi connectivity index (χ3v) is 6.33. The molecule has 0 fully saturated rings. The zero-order valence-corrected chi connectivity index (χ0v) is 18.9. The van der Waals surface area contributed by atoms with Gasteiger partial charge in [-0.3, -0.25) is 0 Å². The van der Waals surface area contributed by atoms with Crippen LogP contribution >= 0.6 is 0 Å². The maximum Gasteiger partial charge on any atom is 0.0408 e. The van der Waals surface area contributed by atoms with Crippen molar-refractivity contribution in [2.45, 2.75) is 38.5 Å². The lowest BCUT2D eigenvalue weighted by Gasteiger charge is -2.20. The minimum absolute atomic E-state index is 0.818. The highest BCUT2D eigenvalue weighted by Gasteiger charge is 2.07. The number of nitrogens with two attached hydrogens (primary N) is 2. The molecule has 4 rings (SSSR count). The number of aryl methyl sites for hydroxylation is 3. The molecule has 0 heterocycles. The van der Waals surface area contributed by atoms with E-state index in [1.54, 1.807) is 0 Å². The highest BCUT2D eigenvalue weighted by Crippen LogP contribution is 2.26. The van der Waals surface area contributed by atoms with Crippen molar-refractivity contribution in [1.82, 2.24) is 0 Å². The molecule has 0 aromatic heterocycles. The van der Waals surface area contributed by atoms with Gasteiger partial charge >= 0.3 is 0 Å². The first-order valence-electron chi connectivity index (χ1n) is 11.5. The Kier molecular flexibility index (Phi) is 6.96. The summed E-state index contributed by atoms with van der Waals surface area (Å²) in [7, 11) is 2.13. The molecule has 32 heavy (non-hydrogen) atoms. The molecule has 1 aliphatic carbocycles. The van der Waals surface area contributed by atoms with Crippen molar-refractivity contribution in [1.29, 1.82) is 0 Å². The SMILES string of the molecule is CN(c1ccc(CCC2=CC=C(N)CC2)cc1)c1ccc(CCc2ccc(N)cc2)cc1. The Morgan fingerprint density at radius 2 is 1.06 bits per heavy atom. The van der Waals surface area contributed by atoms with Crippen LogP contribution in [0.1, 0.15) is 36.0 Å². The van der Waals surface area contributed by atoms with Crippen LogP contribution in [0.2, 0.25) is 0 Å². The highest BCUT2D eigenvalue weighted by atomic mass is 15.1. The lowest BCUT2D eigenvalue weighted by molar-refractivity contribution is 0.810. The molecule has 0 spiro atoms. The number of nitrogen functional groups attached to an aromatic ring is 1. The molecule has 0 saturated heterocycles. The lowest BCUT2D eigenvalue weighted by atomic mass is 9.96. The molecule has 0 radical (unpaired) electrons. The van der Waals surface area contributed by atoms with Gasteiger partial charge in [0.1, 0.15) is 0 Å².